The van der Waals surface area contributed by atoms with E-state index in [0.717, 1.165) is 11.3 Å². The van der Waals surface area contributed by atoms with Crippen LogP contribution in [0.2, 0.25) is 0 Å². The summed E-state index contributed by atoms with van der Waals surface area (Å²) in [7, 11) is -1.27. The van der Waals surface area contributed by atoms with Crippen molar-refractivity contribution < 1.29 is 18.8 Å². The van der Waals surface area contributed by atoms with Crippen molar-refractivity contribution >= 4 is 28.7 Å². The third-order valence-corrected chi connectivity index (χ3v) is 5.41. The van der Waals surface area contributed by atoms with Crippen LogP contribution in [0.25, 0.3) is 0 Å². The standard InChI is InChI=1S/C16H25NO4S2/c1-5-22-13-8-6-12(7-9-13)14(10-21-11-15(18)19)17-23(20)16(2,3)4/h6-9,14,17H,5,10-11H2,1-4H3,(H,18,19)/t14-,23+/m0/s1. The fourth-order valence-corrected chi connectivity index (χ4v) is 3.21. The van der Waals surface area contributed by atoms with Crippen molar-refractivity contribution in [3.05, 3.63) is 29.8 Å². The van der Waals surface area contributed by atoms with Crippen molar-refractivity contribution in [1.29, 1.82) is 0 Å². The molecule has 0 unspecified atom stereocenters. The zero-order valence-electron chi connectivity index (χ0n) is 14.0. The van der Waals surface area contributed by atoms with Crippen LogP contribution < -0.4 is 4.72 Å². The summed E-state index contributed by atoms with van der Waals surface area (Å²) in [4.78, 5) is 11.8. The van der Waals surface area contributed by atoms with E-state index >= 15 is 0 Å². The van der Waals surface area contributed by atoms with Gasteiger partial charge in [-0.1, -0.05) is 19.1 Å². The van der Waals surface area contributed by atoms with Gasteiger partial charge in [-0.25, -0.2) is 13.7 Å². The first-order chi connectivity index (χ1) is 10.7. The Morgan fingerprint density at radius 1 is 1.35 bits per heavy atom. The smallest absolute Gasteiger partial charge is 0.329 e. The van der Waals surface area contributed by atoms with Gasteiger partial charge in [0.25, 0.3) is 0 Å². The van der Waals surface area contributed by atoms with Gasteiger partial charge in [0.2, 0.25) is 0 Å². The van der Waals surface area contributed by atoms with E-state index in [-0.39, 0.29) is 19.3 Å². The van der Waals surface area contributed by atoms with E-state index in [9.17, 15) is 9.00 Å². The second-order valence-corrected chi connectivity index (χ2v) is 9.30. The van der Waals surface area contributed by atoms with Gasteiger partial charge in [-0.3, -0.25) is 0 Å². The number of carbonyl (C=O) groups is 1. The Hall–Kier alpha value is -0.890. The van der Waals surface area contributed by atoms with E-state index in [4.69, 9.17) is 9.84 Å². The van der Waals surface area contributed by atoms with E-state index in [1.807, 2.05) is 45.0 Å². The summed E-state index contributed by atoms with van der Waals surface area (Å²) in [6.45, 7) is 7.51. The highest BCUT2D eigenvalue weighted by molar-refractivity contribution is 7.99. The molecule has 0 amide bonds. The number of hydrogen-bond acceptors (Lipinski definition) is 4. The maximum atomic E-state index is 12.3. The predicted molar refractivity (Wildman–Crippen MR) is 95.1 cm³/mol. The zero-order valence-corrected chi connectivity index (χ0v) is 15.6. The molecule has 0 spiro atoms. The van der Waals surface area contributed by atoms with Gasteiger partial charge in [0.15, 0.2) is 0 Å². The molecule has 0 aromatic heterocycles. The number of nitrogens with one attached hydrogen (secondary N) is 1. The fourth-order valence-electron chi connectivity index (χ4n) is 1.73. The van der Waals surface area contributed by atoms with Crippen LogP contribution >= 0.6 is 11.8 Å². The molecular formula is C16H25NO4S2. The van der Waals surface area contributed by atoms with Gasteiger partial charge in [0, 0.05) is 4.90 Å². The van der Waals surface area contributed by atoms with Crippen molar-refractivity contribution in [3.63, 3.8) is 0 Å². The Bertz CT molecular complexity index is 526. The highest BCUT2D eigenvalue weighted by Crippen LogP contribution is 2.22. The second-order valence-electron chi connectivity index (χ2n) is 5.96. The maximum absolute atomic E-state index is 12.3. The monoisotopic (exact) mass is 359 g/mol. The number of benzene rings is 1. The van der Waals surface area contributed by atoms with Gasteiger partial charge in [-0.2, -0.15) is 0 Å². The van der Waals surface area contributed by atoms with Gasteiger partial charge in [-0.15, -0.1) is 11.8 Å². The number of carboxylic acids is 1. The second kappa shape index (κ2) is 9.42. The minimum absolute atomic E-state index is 0.147. The summed E-state index contributed by atoms with van der Waals surface area (Å²) in [6.07, 6.45) is 0. The maximum Gasteiger partial charge on any atom is 0.329 e. The molecule has 0 fully saturated rings. The van der Waals surface area contributed by atoms with Crippen molar-refractivity contribution in [2.24, 2.45) is 0 Å². The predicted octanol–water partition coefficient (Wildman–Crippen LogP) is 2.99. The molecule has 2 atom stereocenters. The first-order valence-corrected chi connectivity index (χ1v) is 9.58. The van der Waals surface area contributed by atoms with Crippen LogP contribution in [-0.2, 0) is 20.5 Å². The van der Waals surface area contributed by atoms with Crippen LogP contribution in [0.1, 0.15) is 39.3 Å². The molecule has 5 nitrogen and oxygen atoms in total. The molecule has 7 heteroatoms. The molecule has 0 aliphatic carbocycles. The highest BCUT2D eigenvalue weighted by atomic mass is 32.2. The third kappa shape index (κ3) is 7.48. The number of aliphatic carboxylic acids is 1. The lowest BCUT2D eigenvalue weighted by Gasteiger charge is -2.24. The molecule has 0 saturated carbocycles. The van der Waals surface area contributed by atoms with Gasteiger partial charge < -0.3 is 9.84 Å². The average Bonchev–Trinajstić information content (AvgIpc) is 2.46. The summed E-state index contributed by atoms with van der Waals surface area (Å²) < 4.78 is 20.2. The van der Waals surface area contributed by atoms with E-state index in [1.165, 1.54) is 4.90 Å². The Morgan fingerprint density at radius 2 is 1.96 bits per heavy atom. The average molecular weight is 360 g/mol. The lowest BCUT2D eigenvalue weighted by molar-refractivity contribution is -0.142. The normalized spacial score (nSPS) is 14.4. The molecule has 0 radical (unpaired) electrons. The number of rotatable bonds is 9. The minimum Gasteiger partial charge on any atom is -0.480 e. The summed E-state index contributed by atoms with van der Waals surface area (Å²) >= 11 is 1.75. The molecule has 1 aromatic rings. The third-order valence-electron chi connectivity index (χ3n) is 2.91. The quantitative estimate of drug-likeness (QED) is 0.663. The Balaban J connectivity index is 2.84. The first-order valence-electron chi connectivity index (χ1n) is 7.44. The SMILES string of the molecule is CCSc1ccc([C@H](COCC(=O)O)N[S@](=O)C(C)(C)C)cc1. The van der Waals surface area contributed by atoms with Crippen molar-refractivity contribution in [1.82, 2.24) is 4.72 Å². The van der Waals surface area contributed by atoms with Gasteiger partial charge >= 0.3 is 5.97 Å². The lowest BCUT2D eigenvalue weighted by atomic mass is 10.1. The van der Waals surface area contributed by atoms with Gasteiger partial charge in [0.05, 0.1) is 28.4 Å². The molecule has 23 heavy (non-hydrogen) atoms. The van der Waals surface area contributed by atoms with Crippen LogP contribution in [0, 0.1) is 0 Å². The van der Waals surface area contributed by atoms with E-state index in [2.05, 4.69) is 11.6 Å². The lowest BCUT2D eigenvalue weighted by Crippen LogP contribution is -2.37. The fraction of sp³-hybridized carbons (Fsp3) is 0.562. The largest absolute Gasteiger partial charge is 0.480 e. The van der Waals surface area contributed by atoms with Crippen molar-refractivity contribution in [3.8, 4) is 0 Å². The van der Waals surface area contributed by atoms with Crippen LogP contribution in [0.3, 0.4) is 0 Å². The zero-order chi connectivity index (χ0) is 17.5. The van der Waals surface area contributed by atoms with Crippen LogP contribution in [0.5, 0.6) is 0 Å². The highest BCUT2D eigenvalue weighted by Gasteiger charge is 2.24. The van der Waals surface area contributed by atoms with Gasteiger partial charge in [-0.05, 0) is 44.2 Å². The number of ether oxygens (including phenoxy) is 1. The Kier molecular flexibility index (Phi) is 8.25. The van der Waals surface area contributed by atoms with Crippen LogP contribution in [0.15, 0.2) is 29.2 Å². The van der Waals surface area contributed by atoms with E-state index in [1.54, 1.807) is 11.8 Å². The molecule has 0 bridgehead atoms. The van der Waals surface area contributed by atoms with Gasteiger partial charge in [0.1, 0.15) is 6.61 Å². The summed E-state index contributed by atoms with van der Waals surface area (Å²) in [6, 6.07) is 7.61. The van der Waals surface area contributed by atoms with Crippen LogP contribution in [0.4, 0.5) is 0 Å². The summed E-state index contributed by atoms with van der Waals surface area (Å²) in [5, 5.41) is 8.70. The summed E-state index contributed by atoms with van der Waals surface area (Å²) in [5.74, 6) is -0.0213. The molecule has 0 aliphatic heterocycles. The molecule has 0 saturated heterocycles. The number of carboxylic acid groups (broad SMARTS) is 1. The first kappa shape index (κ1) is 20.2. The number of thioether (sulfide) groups is 1. The molecule has 1 rings (SSSR count). The number of hydrogen-bond donors (Lipinski definition) is 2. The molecular weight excluding hydrogens is 334 g/mol. The van der Waals surface area contributed by atoms with Crippen molar-refractivity contribution in [2.45, 2.75) is 43.4 Å². The summed E-state index contributed by atoms with van der Waals surface area (Å²) in [5.41, 5.74) is 0.924. The van der Waals surface area contributed by atoms with E-state index in [0.29, 0.717) is 0 Å². The Morgan fingerprint density at radius 3 is 2.43 bits per heavy atom. The molecule has 130 valence electrons. The van der Waals surface area contributed by atoms with Crippen LogP contribution in [-0.4, -0.2) is 39.0 Å². The molecule has 0 heterocycles. The minimum atomic E-state index is -1.27. The molecule has 2 N–H and O–H groups in total. The topological polar surface area (TPSA) is 75.6 Å². The Labute approximate surface area is 144 Å². The molecule has 1 aromatic carbocycles. The van der Waals surface area contributed by atoms with E-state index < -0.39 is 21.7 Å². The van der Waals surface area contributed by atoms with Crippen molar-refractivity contribution in [2.75, 3.05) is 19.0 Å². The molecule has 0 aliphatic rings.